The number of hydrogen-bond acceptors (Lipinski definition) is 3. The van der Waals surface area contributed by atoms with Gasteiger partial charge in [-0.15, -0.1) is 0 Å². The minimum Gasteiger partial charge on any atom is -0.497 e. The van der Waals surface area contributed by atoms with Gasteiger partial charge in [-0.1, -0.05) is 12.1 Å². The smallest absolute Gasteiger partial charge is 0.244 e. The van der Waals surface area contributed by atoms with Crippen LogP contribution in [0.15, 0.2) is 30.3 Å². The Morgan fingerprint density at radius 2 is 1.78 bits per heavy atom. The molecule has 152 valence electrons. The lowest BCUT2D eigenvalue weighted by Gasteiger charge is -2.34. The average molecular weight is 380 g/mol. The van der Waals surface area contributed by atoms with Gasteiger partial charge in [-0.05, 0) is 23.8 Å². The van der Waals surface area contributed by atoms with Crippen molar-refractivity contribution in [3.63, 3.8) is 0 Å². The molecule has 0 bridgehead atoms. The zero-order chi connectivity index (χ0) is 20.5. The summed E-state index contributed by atoms with van der Waals surface area (Å²) in [5.74, 6) is 0.699. The Morgan fingerprint density at radius 1 is 1.15 bits per heavy atom. The van der Waals surface area contributed by atoms with Crippen molar-refractivity contribution in [3.8, 4) is 5.75 Å². The fourth-order valence-electron chi connectivity index (χ4n) is 3.02. The van der Waals surface area contributed by atoms with Crippen LogP contribution in [0, 0.1) is 0 Å². The van der Waals surface area contributed by atoms with E-state index in [1.807, 2.05) is 24.3 Å². The molecule has 0 spiro atoms. The summed E-state index contributed by atoms with van der Waals surface area (Å²) in [6.07, 6.45) is 3.87. The van der Waals surface area contributed by atoms with E-state index >= 15 is 0 Å². The summed E-state index contributed by atoms with van der Waals surface area (Å²) in [5.41, 5.74) is 0.954. The highest BCUT2D eigenvalue weighted by Gasteiger charge is 2.24. The number of likely N-dealkylation sites (N-methyl/N-ethyl adjacent to an activating group) is 2. The second-order valence-corrected chi connectivity index (χ2v) is 8.72. The lowest BCUT2D eigenvalue weighted by atomic mass is 10.2. The molecule has 1 amide bonds. The molecular weight excluding hydrogens is 342 g/mol. The van der Waals surface area contributed by atoms with Crippen molar-refractivity contribution in [1.82, 2.24) is 5.32 Å². The number of benzene rings is 1. The van der Waals surface area contributed by atoms with Gasteiger partial charge in [0.05, 0.1) is 48.9 Å². The Bertz CT molecular complexity index is 604. The highest BCUT2D eigenvalue weighted by molar-refractivity contribution is 5.91. The third-order valence-corrected chi connectivity index (χ3v) is 4.25. The Labute approximate surface area is 164 Å². The van der Waals surface area contributed by atoms with Crippen LogP contribution in [-0.4, -0.2) is 94.6 Å². The van der Waals surface area contributed by atoms with Gasteiger partial charge >= 0.3 is 0 Å². The molecule has 0 aliphatic heterocycles. The Balaban J connectivity index is 2.30. The number of ether oxygens (including phenoxy) is 1. The van der Waals surface area contributed by atoms with Crippen LogP contribution < -0.4 is 10.1 Å². The number of nitrogens with one attached hydrogen (secondary N) is 1. The Kier molecular flexibility index (Phi) is 8.96. The number of hydrogen-bond donors (Lipinski definition) is 2. The molecule has 0 aliphatic carbocycles. The molecule has 6 heteroatoms. The summed E-state index contributed by atoms with van der Waals surface area (Å²) in [6, 6.07) is 7.55. The summed E-state index contributed by atoms with van der Waals surface area (Å²) in [4.78, 5) is 11.9. The zero-order valence-electron chi connectivity index (χ0n) is 17.7. The molecular formula is C21H37N3O3+2. The van der Waals surface area contributed by atoms with Gasteiger partial charge < -0.3 is 24.1 Å². The number of nitrogens with zero attached hydrogens (tertiary/aromatic N) is 2. The van der Waals surface area contributed by atoms with Crippen LogP contribution in [0.3, 0.4) is 0 Å². The molecule has 0 saturated heterocycles. The van der Waals surface area contributed by atoms with Crippen molar-refractivity contribution in [2.24, 2.45) is 0 Å². The number of rotatable bonds is 11. The summed E-state index contributed by atoms with van der Waals surface area (Å²) in [7, 11) is 12.1. The Morgan fingerprint density at radius 3 is 2.33 bits per heavy atom. The SMILES string of the molecule is COc1ccc(/C=C/C(=O)NCCC[N+](C)(C)CC(O)C[N+](C)(C)C)cc1. The van der Waals surface area contributed by atoms with Crippen LogP contribution in [0.5, 0.6) is 5.75 Å². The van der Waals surface area contributed by atoms with Crippen molar-refractivity contribution >= 4 is 12.0 Å². The lowest BCUT2D eigenvalue weighted by molar-refractivity contribution is -0.907. The topological polar surface area (TPSA) is 58.6 Å². The first-order valence-electron chi connectivity index (χ1n) is 9.41. The maximum atomic E-state index is 11.9. The number of carbonyl (C=O) groups is 1. The number of aliphatic hydroxyl groups is 1. The molecule has 0 radical (unpaired) electrons. The standard InChI is InChI=1S/C21H36N3O3/c1-23(2,3)16-19(25)17-24(4,5)15-7-14-22-21(26)13-10-18-8-11-20(27-6)12-9-18/h8-13,19,25H,7,14-17H2,1-6H3/q+1/p+1/b13-10+. The maximum absolute atomic E-state index is 11.9. The van der Waals surface area contributed by atoms with E-state index in [0.29, 0.717) is 13.1 Å². The molecule has 6 nitrogen and oxygen atoms in total. The summed E-state index contributed by atoms with van der Waals surface area (Å²) in [6.45, 7) is 2.96. The Hall–Kier alpha value is -1.89. The van der Waals surface area contributed by atoms with Crippen LogP contribution in [0.25, 0.3) is 6.08 Å². The molecule has 27 heavy (non-hydrogen) atoms. The van der Waals surface area contributed by atoms with E-state index in [1.54, 1.807) is 19.3 Å². The van der Waals surface area contributed by atoms with Crippen LogP contribution >= 0.6 is 0 Å². The largest absolute Gasteiger partial charge is 0.497 e. The third kappa shape index (κ3) is 10.8. The van der Waals surface area contributed by atoms with E-state index in [1.165, 1.54) is 0 Å². The van der Waals surface area contributed by atoms with Crippen LogP contribution in [0.4, 0.5) is 0 Å². The summed E-state index contributed by atoms with van der Waals surface area (Å²) < 4.78 is 6.60. The molecule has 1 rings (SSSR count). The first-order valence-corrected chi connectivity index (χ1v) is 9.41. The van der Waals surface area contributed by atoms with Gasteiger partial charge in [-0.3, -0.25) is 4.79 Å². The predicted octanol–water partition coefficient (Wildman–Crippen LogP) is 1.36. The van der Waals surface area contributed by atoms with E-state index < -0.39 is 0 Å². The van der Waals surface area contributed by atoms with Gasteiger partial charge in [-0.2, -0.15) is 0 Å². The van der Waals surface area contributed by atoms with E-state index in [4.69, 9.17) is 4.74 Å². The molecule has 1 unspecified atom stereocenters. The highest BCUT2D eigenvalue weighted by Crippen LogP contribution is 2.12. The van der Waals surface area contributed by atoms with Gasteiger partial charge in [-0.25, -0.2) is 0 Å². The molecule has 0 aromatic heterocycles. The van der Waals surface area contributed by atoms with Crippen molar-refractivity contribution < 1.29 is 23.6 Å². The zero-order valence-corrected chi connectivity index (χ0v) is 17.7. The predicted molar refractivity (Wildman–Crippen MR) is 110 cm³/mol. The molecule has 1 aromatic carbocycles. The molecule has 0 saturated carbocycles. The molecule has 0 aliphatic rings. The summed E-state index contributed by atoms with van der Waals surface area (Å²) in [5, 5.41) is 13.2. The fraction of sp³-hybridized carbons (Fsp3) is 0.571. The van der Waals surface area contributed by atoms with E-state index in [0.717, 1.165) is 39.8 Å². The quantitative estimate of drug-likeness (QED) is 0.347. The number of methoxy groups -OCH3 is 1. The van der Waals surface area contributed by atoms with Gasteiger partial charge in [0.1, 0.15) is 18.8 Å². The first kappa shape index (κ1) is 23.1. The van der Waals surface area contributed by atoms with Crippen molar-refractivity contribution in [3.05, 3.63) is 35.9 Å². The number of carbonyl (C=O) groups excluding carboxylic acids is 1. The molecule has 0 fully saturated rings. The van der Waals surface area contributed by atoms with Gasteiger partial charge in [0.15, 0.2) is 6.10 Å². The second kappa shape index (κ2) is 10.4. The van der Waals surface area contributed by atoms with Crippen LogP contribution in [0.1, 0.15) is 12.0 Å². The maximum Gasteiger partial charge on any atom is 0.244 e. The average Bonchev–Trinajstić information content (AvgIpc) is 2.55. The second-order valence-electron chi connectivity index (χ2n) is 8.72. The van der Waals surface area contributed by atoms with Gasteiger partial charge in [0.25, 0.3) is 0 Å². The number of amides is 1. The van der Waals surface area contributed by atoms with E-state index in [2.05, 4.69) is 40.6 Å². The lowest BCUT2D eigenvalue weighted by Crippen LogP contribution is -2.51. The third-order valence-electron chi connectivity index (χ3n) is 4.25. The number of aliphatic hydroxyl groups excluding tert-OH is 1. The molecule has 0 heterocycles. The minimum absolute atomic E-state index is 0.0961. The van der Waals surface area contributed by atoms with E-state index in [9.17, 15) is 9.90 Å². The minimum atomic E-state index is -0.331. The van der Waals surface area contributed by atoms with Crippen LogP contribution in [-0.2, 0) is 4.79 Å². The van der Waals surface area contributed by atoms with E-state index in [-0.39, 0.29) is 12.0 Å². The highest BCUT2D eigenvalue weighted by atomic mass is 16.5. The van der Waals surface area contributed by atoms with Crippen LogP contribution in [0.2, 0.25) is 0 Å². The summed E-state index contributed by atoms with van der Waals surface area (Å²) >= 11 is 0. The monoisotopic (exact) mass is 379 g/mol. The normalized spacial score (nSPS) is 13.6. The van der Waals surface area contributed by atoms with Crippen molar-refractivity contribution in [2.45, 2.75) is 12.5 Å². The van der Waals surface area contributed by atoms with Crippen molar-refractivity contribution in [1.29, 1.82) is 0 Å². The van der Waals surface area contributed by atoms with Crippen molar-refractivity contribution in [2.75, 3.05) is 68.5 Å². The molecule has 1 aromatic rings. The number of quaternary nitrogens is 2. The fourth-order valence-corrected chi connectivity index (χ4v) is 3.02. The molecule has 1 atom stereocenters. The first-order chi connectivity index (χ1) is 12.5. The van der Waals surface area contributed by atoms with Gasteiger partial charge in [0.2, 0.25) is 5.91 Å². The molecule has 2 N–H and O–H groups in total. The van der Waals surface area contributed by atoms with Gasteiger partial charge in [0, 0.05) is 19.0 Å².